The molecule has 0 aliphatic rings. The number of unbranched alkanes of at least 4 members (excludes halogenated alkanes) is 3. The molecule has 106 valence electrons. The molecule has 0 aliphatic carbocycles. The molecule has 0 spiro atoms. The van der Waals surface area contributed by atoms with Gasteiger partial charge in [0.15, 0.2) is 0 Å². The Kier molecular flexibility index (Phi) is 10.1. The first-order chi connectivity index (χ1) is 8.65. The van der Waals surface area contributed by atoms with Crippen LogP contribution in [0, 0.1) is 0 Å². The summed E-state index contributed by atoms with van der Waals surface area (Å²) in [4.78, 5) is 22.8. The molecule has 0 aliphatic heterocycles. The maximum Gasteiger partial charge on any atom is 0.407 e. The summed E-state index contributed by atoms with van der Waals surface area (Å²) >= 11 is 0. The Balaban J connectivity index is 3.94. The third kappa shape index (κ3) is 7.92. The lowest BCUT2D eigenvalue weighted by Crippen LogP contribution is -2.41. The molecule has 0 radical (unpaired) electrons. The van der Waals surface area contributed by atoms with Gasteiger partial charge in [0.2, 0.25) is 0 Å². The van der Waals surface area contributed by atoms with Crippen molar-refractivity contribution in [2.45, 2.75) is 58.4 Å². The quantitative estimate of drug-likeness (QED) is 0.510. The van der Waals surface area contributed by atoms with E-state index in [-0.39, 0.29) is 5.97 Å². The fourth-order valence-corrected chi connectivity index (χ4v) is 1.54. The standard InChI is InChI=1S/C13H25NO4/c1-4-6-7-8-10-18-12(15)11(9-5-2)14-13(16)17-3/h11H,4-10H2,1-3H3,(H,14,16). The van der Waals surface area contributed by atoms with Crippen molar-refractivity contribution in [3.63, 3.8) is 0 Å². The van der Waals surface area contributed by atoms with Gasteiger partial charge in [-0.2, -0.15) is 0 Å². The van der Waals surface area contributed by atoms with Crippen molar-refractivity contribution in [1.29, 1.82) is 0 Å². The number of esters is 1. The molecular formula is C13H25NO4. The van der Waals surface area contributed by atoms with Crippen LogP contribution in [0.1, 0.15) is 52.4 Å². The fraction of sp³-hybridized carbons (Fsp3) is 0.846. The molecule has 0 fully saturated rings. The number of rotatable bonds is 9. The third-order valence-corrected chi connectivity index (χ3v) is 2.58. The molecule has 1 unspecified atom stereocenters. The summed E-state index contributed by atoms with van der Waals surface area (Å²) in [6.45, 7) is 4.49. The SMILES string of the molecule is CCCCCCOC(=O)C(CCC)NC(=O)OC. The van der Waals surface area contributed by atoms with Crippen LogP contribution < -0.4 is 5.32 Å². The van der Waals surface area contributed by atoms with E-state index in [1.807, 2.05) is 6.92 Å². The average molecular weight is 259 g/mol. The van der Waals surface area contributed by atoms with Crippen LogP contribution in [0.5, 0.6) is 0 Å². The van der Waals surface area contributed by atoms with Crippen LogP contribution in [0.15, 0.2) is 0 Å². The van der Waals surface area contributed by atoms with Crippen LogP contribution in [0.2, 0.25) is 0 Å². The van der Waals surface area contributed by atoms with E-state index in [0.717, 1.165) is 32.1 Å². The smallest absolute Gasteiger partial charge is 0.407 e. The summed E-state index contributed by atoms with van der Waals surface area (Å²) in [5, 5.41) is 2.48. The lowest BCUT2D eigenvalue weighted by Gasteiger charge is -2.16. The van der Waals surface area contributed by atoms with E-state index in [2.05, 4.69) is 17.0 Å². The highest BCUT2D eigenvalue weighted by molar-refractivity contribution is 5.81. The zero-order valence-electron chi connectivity index (χ0n) is 11.7. The van der Waals surface area contributed by atoms with Crippen LogP contribution >= 0.6 is 0 Å². The third-order valence-electron chi connectivity index (χ3n) is 2.58. The second-order valence-corrected chi connectivity index (χ2v) is 4.21. The molecule has 1 N–H and O–H groups in total. The molecule has 0 aromatic rings. The van der Waals surface area contributed by atoms with E-state index in [1.54, 1.807) is 0 Å². The van der Waals surface area contributed by atoms with Crippen molar-refractivity contribution in [2.24, 2.45) is 0 Å². The normalized spacial score (nSPS) is 11.7. The van der Waals surface area contributed by atoms with Crippen LogP contribution in [-0.2, 0) is 14.3 Å². The maximum atomic E-state index is 11.7. The number of nitrogens with one attached hydrogen (secondary N) is 1. The second-order valence-electron chi connectivity index (χ2n) is 4.21. The van der Waals surface area contributed by atoms with Crippen molar-refractivity contribution in [3.8, 4) is 0 Å². The van der Waals surface area contributed by atoms with Gasteiger partial charge in [-0.3, -0.25) is 0 Å². The van der Waals surface area contributed by atoms with Gasteiger partial charge in [0.05, 0.1) is 13.7 Å². The molecule has 0 saturated carbocycles. The summed E-state index contributed by atoms with van der Waals surface area (Å²) < 4.78 is 9.62. The predicted octanol–water partition coefficient (Wildman–Crippen LogP) is 2.63. The van der Waals surface area contributed by atoms with E-state index >= 15 is 0 Å². The van der Waals surface area contributed by atoms with Crippen LogP contribution in [-0.4, -0.2) is 31.8 Å². The van der Waals surface area contributed by atoms with Gasteiger partial charge in [0.1, 0.15) is 6.04 Å². The first-order valence-electron chi connectivity index (χ1n) is 6.66. The number of ether oxygens (including phenoxy) is 2. The van der Waals surface area contributed by atoms with Crippen LogP contribution in [0.4, 0.5) is 4.79 Å². The number of hydrogen-bond donors (Lipinski definition) is 1. The van der Waals surface area contributed by atoms with E-state index in [4.69, 9.17) is 4.74 Å². The zero-order valence-corrected chi connectivity index (χ0v) is 11.7. The van der Waals surface area contributed by atoms with Crippen LogP contribution in [0.3, 0.4) is 0 Å². The van der Waals surface area contributed by atoms with Gasteiger partial charge in [-0.15, -0.1) is 0 Å². The number of methoxy groups -OCH3 is 1. The molecule has 0 aromatic carbocycles. The average Bonchev–Trinajstić information content (AvgIpc) is 2.37. The van der Waals surface area contributed by atoms with Gasteiger partial charge in [-0.05, 0) is 12.8 Å². The Morgan fingerprint density at radius 2 is 1.83 bits per heavy atom. The lowest BCUT2D eigenvalue weighted by molar-refractivity contribution is -0.146. The van der Waals surface area contributed by atoms with Gasteiger partial charge < -0.3 is 14.8 Å². The van der Waals surface area contributed by atoms with Crippen molar-refractivity contribution in [1.82, 2.24) is 5.32 Å². The lowest BCUT2D eigenvalue weighted by atomic mass is 10.2. The Hall–Kier alpha value is -1.26. The summed E-state index contributed by atoms with van der Waals surface area (Å²) in [7, 11) is 1.27. The van der Waals surface area contributed by atoms with Gasteiger partial charge in [-0.25, -0.2) is 9.59 Å². The molecule has 18 heavy (non-hydrogen) atoms. The van der Waals surface area contributed by atoms with Crippen molar-refractivity contribution < 1.29 is 19.1 Å². The van der Waals surface area contributed by atoms with Crippen molar-refractivity contribution in [3.05, 3.63) is 0 Å². The highest BCUT2D eigenvalue weighted by Gasteiger charge is 2.21. The molecule has 5 nitrogen and oxygen atoms in total. The van der Waals surface area contributed by atoms with Gasteiger partial charge in [0.25, 0.3) is 0 Å². The molecule has 1 atom stereocenters. The van der Waals surface area contributed by atoms with Crippen molar-refractivity contribution >= 4 is 12.1 Å². The first-order valence-corrected chi connectivity index (χ1v) is 6.66. The molecule has 1 amide bonds. The van der Waals surface area contributed by atoms with E-state index in [1.165, 1.54) is 7.11 Å². The van der Waals surface area contributed by atoms with Gasteiger partial charge in [0, 0.05) is 0 Å². The molecule has 0 aromatic heterocycles. The highest BCUT2D eigenvalue weighted by atomic mass is 16.5. The number of alkyl carbamates (subject to hydrolysis) is 1. The fourth-order valence-electron chi connectivity index (χ4n) is 1.54. The minimum atomic E-state index is -0.603. The summed E-state index contributed by atoms with van der Waals surface area (Å²) in [5.41, 5.74) is 0. The summed E-state index contributed by atoms with van der Waals surface area (Å²) in [6.07, 6.45) is 4.98. The largest absolute Gasteiger partial charge is 0.464 e. The molecule has 0 heterocycles. The second kappa shape index (κ2) is 10.9. The monoisotopic (exact) mass is 259 g/mol. The van der Waals surface area contributed by atoms with E-state index in [9.17, 15) is 9.59 Å². The van der Waals surface area contributed by atoms with E-state index < -0.39 is 12.1 Å². The molecule has 5 heteroatoms. The Morgan fingerprint density at radius 3 is 2.39 bits per heavy atom. The first kappa shape index (κ1) is 16.7. The topological polar surface area (TPSA) is 64.6 Å². The zero-order chi connectivity index (χ0) is 13.8. The predicted molar refractivity (Wildman–Crippen MR) is 69.3 cm³/mol. The van der Waals surface area contributed by atoms with E-state index in [0.29, 0.717) is 13.0 Å². The Morgan fingerprint density at radius 1 is 1.11 bits per heavy atom. The molecular weight excluding hydrogens is 234 g/mol. The highest BCUT2D eigenvalue weighted by Crippen LogP contribution is 2.03. The molecule has 0 rings (SSSR count). The van der Waals surface area contributed by atoms with Crippen LogP contribution in [0.25, 0.3) is 0 Å². The number of carbonyl (C=O) groups is 2. The number of hydrogen-bond acceptors (Lipinski definition) is 4. The van der Waals surface area contributed by atoms with Crippen molar-refractivity contribution in [2.75, 3.05) is 13.7 Å². The Bertz CT molecular complexity index is 243. The number of amides is 1. The number of carbonyl (C=O) groups excluding carboxylic acids is 2. The summed E-state index contributed by atoms with van der Waals surface area (Å²) in [6, 6.07) is -0.603. The van der Waals surface area contributed by atoms with Gasteiger partial charge >= 0.3 is 12.1 Å². The molecule has 0 saturated heterocycles. The minimum Gasteiger partial charge on any atom is -0.464 e. The molecule has 0 bridgehead atoms. The summed E-state index contributed by atoms with van der Waals surface area (Å²) in [5.74, 6) is -0.376. The van der Waals surface area contributed by atoms with Gasteiger partial charge in [-0.1, -0.05) is 39.5 Å². The Labute approximate surface area is 109 Å². The maximum absolute atomic E-state index is 11.7. The minimum absolute atomic E-state index is 0.376.